The molecule has 0 atom stereocenters. The Morgan fingerprint density at radius 1 is 1.38 bits per heavy atom. The summed E-state index contributed by atoms with van der Waals surface area (Å²) >= 11 is 1.56. The SMILES string of the molecule is Cc1cc(O)c(CN2CCC(C)CC2)c2c1C(=O)/C(=C/c1cccs1)O2. The van der Waals surface area contributed by atoms with Crippen LogP contribution in [-0.2, 0) is 6.54 Å². The van der Waals surface area contributed by atoms with Gasteiger partial charge in [-0.3, -0.25) is 9.69 Å². The Hall–Kier alpha value is -2.11. The normalized spacial score (nSPS) is 19.8. The molecule has 1 aromatic heterocycles. The monoisotopic (exact) mass is 369 g/mol. The fourth-order valence-electron chi connectivity index (χ4n) is 3.68. The second kappa shape index (κ2) is 6.89. The smallest absolute Gasteiger partial charge is 0.232 e. The van der Waals surface area contributed by atoms with Crippen LogP contribution in [0.15, 0.2) is 29.3 Å². The molecule has 1 N–H and O–H groups in total. The molecule has 0 radical (unpaired) electrons. The Labute approximate surface area is 157 Å². The number of thiophene rings is 1. The van der Waals surface area contributed by atoms with Crippen molar-refractivity contribution in [2.24, 2.45) is 5.92 Å². The first kappa shape index (κ1) is 17.3. The second-order valence-corrected chi connectivity index (χ2v) is 8.29. The van der Waals surface area contributed by atoms with Gasteiger partial charge < -0.3 is 9.84 Å². The van der Waals surface area contributed by atoms with Gasteiger partial charge in [0, 0.05) is 17.5 Å². The van der Waals surface area contributed by atoms with Crippen LogP contribution in [0.2, 0.25) is 0 Å². The number of ether oxygens (including phenoxy) is 1. The molecule has 4 nitrogen and oxygen atoms in total. The van der Waals surface area contributed by atoms with E-state index in [0.29, 0.717) is 23.6 Å². The Bertz CT molecular complexity index is 862. The van der Waals surface area contributed by atoms with Gasteiger partial charge in [0.2, 0.25) is 5.78 Å². The highest BCUT2D eigenvalue weighted by Crippen LogP contribution is 2.42. The minimum Gasteiger partial charge on any atom is -0.507 e. The predicted molar refractivity (Wildman–Crippen MR) is 104 cm³/mol. The highest BCUT2D eigenvalue weighted by atomic mass is 32.1. The Kier molecular flexibility index (Phi) is 4.59. The molecule has 3 heterocycles. The summed E-state index contributed by atoms with van der Waals surface area (Å²) in [7, 11) is 0. The number of Topliss-reactive ketones (excluding diaryl/α,β-unsaturated/α-hetero) is 1. The lowest BCUT2D eigenvalue weighted by Crippen LogP contribution is -2.32. The quantitative estimate of drug-likeness (QED) is 0.803. The number of phenols is 1. The summed E-state index contributed by atoms with van der Waals surface area (Å²) in [5.41, 5.74) is 2.07. The van der Waals surface area contributed by atoms with Gasteiger partial charge in [0.1, 0.15) is 11.5 Å². The Morgan fingerprint density at radius 2 is 2.15 bits per heavy atom. The van der Waals surface area contributed by atoms with Crippen molar-refractivity contribution in [3.05, 3.63) is 50.9 Å². The molecule has 0 saturated carbocycles. The average Bonchev–Trinajstić information content (AvgIpc) is 3.22. The highest BCUT2D eigenvalue weighted by Gasteiger charge is 2.34. The maximum absolute atomic E-state index is 12.9. The van der Waals surface area contributed by atoms with Crippen LogP contribution in [0.4, 0.5) is 0 Å². The van der Waals surface area contributed by atoms with E-state index >= 15 is 0 Å². The van der Waals surface area contributed by atoms with Crippen LogP contribution in [0.1, 0.15) is 46.1 Å². The van der Waals surface area contributed by atoms with E-state index in [9.17, 15) is 9.90 Å². The zero-order valence-corrected chi connectivity index (χ0v) is 15.9. The maximum atomic E-state index is 12.9. The van der Waals surface area contributed by atoms with E-state index in [-0.39, 0.29) is 11.5 Å². The minimum absolute atomic E-state index is 0.0978. The van der Waals surface area contributed by atoms with Crippen molar-refractivity contribution in [3.63, 3.8) is 0 Å². The zero-order chi connectivity index (χ0) is 18.3. The number of nitrogens with zero attached hydrogens (tertiary/aromatic N) is 1. The van der Waals surface area contributed by atoms with Crippen LogP contribution in [0.25, 0.3) is 6.08 Å². The molecule has 4 rings (SSSR count). The van der Waals surface area contributed by atoms with E-state index in [1.807, 2.05) is 24.4 Å². The lowest BCUT2D eigenvalue weighted by molar-refractivity contribution is 0.101. The van der Waals surface area contributed by atoms with Crippen molar-refractivity contribution < 1.29 is 14.6 Å². The summed E-state index contributed by atoms with van der Waals surface area (Å²) in [5.74, 6) is 1.74. The average molecular weight is 369 g/mol. The van der Waals surface area contributed by atoms with Gasteiger partial charge in [-0.15, -0.1) is 11.3 Å². The third-order valence-corrected chi connectivity index (χ3v) is 6.11. The van der Waals surface area contributed by atoms with Crippen molar-refractivity contribution in [1.29, 1.82) is 0 Å². The molecule has 0 amide bonds. The molecule has 2 aliphatic heterocycles. The van der Waals surface area contributed by atoms with E-state index in [4.69, 9.17) is 4.74 Å². The van der Waals surface area contributed by atoms with Crippen molar-refractivity contribution in [2.45, 2.75) is 33.2 Å². The number of ketones is 1. The first-order chi connectivity index (χ1) is 12.5. The fraction of sp³-hybridized carbons (Fsp3) is 0.381. The van der Waals surface area contributed by atoms with Gasteiger partial charge in [-0.25, -0.2) is 0 Å². The minimum atomic E-state index is -0.0978. The number of piperidine rings is 1. The molecule has 1 aromatic carbocycles. The topological polar surface area (TPSA) is 49.8 Å². The largest absolute Gasteiger partial charge is 0.507 e. The molecule has 1 fully saturated rings. The number of aryl methyl sites for hydroxylation is 1. The van der Waals surface area contributed by atoms with Gasteiger partial charge in [-0.1, -0.05) is 13.0 Å². The molecular weight excluding hydrogens is 346 g/mol. The van der Waals surface area contributed by atoms with Crippen molar-refractivity contribution in [1.82, 2.24) is 4.90 Å². The molecule has 0 bridgehead atoms. The van der Waals surface area contributed by atoms with E-state index < -0.39 is 0 Å². The van der Waals surface area contributed by atoms with Crippen LogP contribution < -0.4 is 4.74 Å². The second-order valence-electron chi connectivity index (χ2n) is 7.31. The van der Waals surface area contributed by atoms with Gasteiger partial charge >= 0.3 is 0 Å². The molecule has 0 spiro atoms. The predicted octanol–water partition coefficient (Wildman–Crippen LogP) is 4.61. The van der Waals surface area contributed by atoms with E-state index in [1.54, 1.807) is 23.5 Å². The van der Waals surface area contributed by atoms with Gasteiger partial charge in [0.05, 0.1) is 11.1 Å². The lowest BCUT2D eigenvalue weighted by atomic mass is 9.96. The Balaban J connectivity index is 1.67. The Morgan fingerprint density at radius 3 is 2.85 bits per heavy atom. The number of aromatic hydroxyl groups is 1. The summed E-state index contributed by atoms with van der Waals surface area (Å²) in [6.07, 6.45) is 4.12. The van der Waals surface area contributed by atoms with Crippen molar-refractivity contribution in [2.75, 3.05) is 13.1 Å². The number of allylic oxidation sites excluding steroid dienone is 1. The van der Waals surface area contributed by atoms with E-state index in [1.165, 1.54) is 0 Å². The van der Waals surface area contributed by atoms with E-state index in [0.717, 1.165) is 47.9 Å². The number of hydrogen-bond donors (Lipinski definition) is 1. The molecule has 0 aliphatic carbocycles. The van der Waals surface area contributed by atoms with Crippen LogP contribution >= 0.6 is 11.3 Å². The summed E-state index contributed by atoms with van der Waals surface area (Å²) < 4.78 is 5.98. The van der Waals surface area contributed by atoms with Gasteiger partial charge in [-0.05, 0) is 61.8 Å². The van der Waals surface area contributed by atoms with Crippen molar-refractivity contribution in [3.8, 4) is 11.5 Å². The van der Waals surface area contributed by atoms with Crippen LogP contribution in [0.3, 0.4) is 0 Å². The molecule has 5 heteroatoms. The highest BCUT2D eigenvalue weighted by molar-refractivity contribution is 7.10. The summed E-state index contributed by atoms with van der Waals surface area (Å²) in [6.45, 7) is 6.76. The molecule has 136 valence electrons. The number of benzene rings is 1. The molecule has 2 aliphatic rings. The molecule has 1 saturated heterocycles. The maximum Gasteiger partial charge on any atom is 0.232 e. The van der Waals surface area contributed by atoms with Crippen molar-refractivity contribution >= 4 is 23.2 Å². The lowest BCUT2D eigenvalue weighted by Gasteiger charge is -2.30. The molecule has 2 aromatic rings. The third-order valence-electron chi connectivity index (χ3n) is 5.30. The standard InChI is InChI=1S/C21H23NO3S/c1-13-5-7-22(8-6-13)12-16-17(23)10-14(2)19-20(24)18(25-21(16)19)11-15-4-3-9-26-15/h3-4,9-11,13,23H,5-8,12H2,1-2H3/b18-11-. The third kappa shape index (κ3) is 3.17. The molecule has 26 heavy (non-hydrogen) atoms. The first-order valence-corrected chi connectivity index (χ1v) is 9.96. The number of phenolic OH excluding ortho intramolecular Hbond substituents is 1. The van der Waals surface area contributed by atoms with Gasteiger partial charge in [-0.2, -0.15) is 0 Å². The van der Waals surface area contributed by atoms with Crippen LogP contribution in [0.5, 0.6) is 11.5 Å². The number of rotatable bonds is 3. The van der Waals surface area contributed by atoms with Gasteiger partial charge in [0.15, 0.2) is 5.76 Å². The number of hydrogen-bond acceptors (Lipinski definition) is 5. The van der Waals surface area contributed by atoms with Gasteiger partial charge in [0.25, 0.3) is 0 Å². The summed E-state index contributed by atoms with van der Waals surface area (Å²) in [5, 5.41) is 12.5. The van der Waals surface area contributed by atoms with E-state index in [2.05, 4.69) is 11.8 Å². The summed E-state index contributed by atoms with van der Waals surface area (Å²) in [6, 6.07) is 5.59. The van der Waals surface area contributed by atoms with Crippen LogP contribution in [0, 0.1) is 12.8 Å². The first-order valence-electron chi connectivity index (χ1n) is 9.08. The number of likely N-dealkylation sites (tertiary alicyclic amines) is 1. The zero-order valence-electron chi connectivity index (χ0n) is 15.1. The molecule has 0 unspecified atom stereocenters. The fourth-order valence-corrected chi connectivity index (χ4v) is 4.33. The number of fused-ring (bicyclic) bond motifs is 1. The molecular formula is C21H23NO3S. The number of carbonyl (C=O) groups excluding carboxylic acids is 1. The summed E-state index contributed by atoms with van der Waals surface area (Å²) in [4.78, 5) is 16.2. The number of carbonyl (C=O) groups is 1. The van der Waals surface area contributed by atoms with Crippen LogP contribution in [-0.4, -0.2) is 28.9 Å².